The molecule has 0 unspecified atom stereocenters. The maximum absolute atomic E-state index is 11.8. The lowest BCUT2D eigenvalue weighted by atomic mass is 9.97. The van der Waals surface area contributed by atoms with Crippen LogP contribution < -0.4 is 5.32 Å². The van der Waals surface area contributed by atoms with E-state index in [1.165, 1.54) is 6.92 Å². The molecular weight excluding hydrogens is 438 g/mol. The molecule has 1 rings (SSSR count). The van der Waals surface area contributed by atoms with Crippen LogP contribution in [0.4, 0.5) is 4.79 Å². The average molecular weight is 480 g/mol. The number of esters is 1. The maximum atomic E-state index is 11.8. The molecule has 0 saturated heterocycles. The second-order valence-corrected chi connectivity index (χ2v) is 9.02. The smallest absolute Gasteiger partial charge is 0.407 e. The van der Waals surface area contributed by atoms with Gasteiger partial charge in [-0.05, 0) is 38.4 Å². The predicted octanol–water partition coefficient (Wildman–Crippen LogP) is 2.99. The predicted molar refractivity (Wildman–Crippen MR) is 124 cm³/mol. The van der Waals surface area contributed by atoms with Crippen LogP contribution in [0.5, 0.6) is 0 Å². The fraction of sp³-hybridized carbons (Fsp3) is 0.864. The van der Waals surface area contributed by atoms with Crippen molar-refractivity contribution in [2.75, 3.05) is 58.5 Å². The van der Waals surface area contributed by atoms with Crippen molar-refractivity contribution in [1.82, 2.24) is 5.32 Å². The summed E-state index contributed by atoms with van der Waals surface area (Å²) in [6.45, 7) is 6.49. The van der Waals surface area contributed by atoms with Gasteiger partial charge in [-0.1, -0.05) is 6.92 Å². The van der Waals surface area contributed by atoms with Crippen LogP contribution >= 0.6 is 11.8 Å². The number of nitrogens with one attached hydrogen (secondary N) is 1. The Kier molecular flexibility index (Phi) is 17.2. The molecule has 0 radical (unpaired) electrons. The molecule has 1 saturated carbocycles. The number of carbonyl (C=O) groups excluding carboxylic acids is 3. The van der Waals surface area contributed by atoms with E-state index in [9.17, 15) is 14.4 Å². The Morgan fingerprint density at radius 1 is 0.875 bits per heavy atom. The van der Waals surface area contributed by atoms with Gasteiger partial charge in [0.2, 0.25) is 0 Å². The summed E-state index contributed by atoms with van der Waals surface area (Å²) in [6.07, 6.45) is 4.06. The normalized spacial score (nSPS) is 18.2. The van der Waals surface area contributed by atoms with Crippen molar-refractivity contribution < 1.29 is 39.5 Å². The van der Waals surface area contributed by atoms with Crippen LogP contribution in [-0.2, 0) is 33.3 Å². The molecule has 188 valence electrons. The highest BCUT2D eigenvalue weighted by atomic mass is 32.2. The lowest BCUT2D eigenvalue weighted by molar-refractivity contribution is -0.146. The number of carbonyl (C=O) groups is 3. The molecule has 0 atom stereocenters. The molecule has 0 heterocycles. The summed E-state index contributed by atoms with van der Waals surface area (Å²) in [5.74, 6) is 0.708. The average Bonchev–Trinajstić information content (AvgIpc) is 2.77. The molecule has 1 amide bonds. The molecule has 32 heavy (non-hydrogen) atoms. The lowest BCUT2D eigenvalue weighted by Gasteiger charge is -2.27. The van der Waals surface area contributed by atoms with Gasteiger partial charge < -0.3 is 33.8 Å². The first kappa shape index (κ1) is 28.7. The molecule has 0 bridgehead atoms. The fourth-order valence-electron chi connectivity index (χ4n) is 3.08. The number of hydrogen-bond donors (Lipinski definition) is 1. The van der Waals surface area contributed by atoms with Gasteiger partial charge in [0, 0.05) is 19.6 Å². The highest BCUT2D eigenvalue weighted by molar-refractivity contribution is 7.99. The van der Waals surface area contributed by atoms with Gasteiger partial charge in [0.05, 0.1) is 46.1 Å². The molecular formula is C22H41NO8S. The first-order valence-corrected chi connectivity index (χ1v) is 12.5. The summed E-state index contributed by atoms with van der Waals surface area (Å²) in [4.78, 5) is 33.9. The summed E-state index contributed by atoms with van der Waals surface area (Å²) in [5.41, 5.74) is 0. The van der Waals surface area contributed by atoms with E-state index in [4.69, 9.17) is 23.7 Å². The summed E-state index contributed by atoms with van der Waals surface area (Å²) in [6, 6.07) is 0. The molecule has 0 aliphatic heterocycles. The van der Waals surface area contributed by atoms with Crippen LogP contribution in [0.15, 0.2) is 0 Å². The van der Waals surface area contributed by atoms with E-state index in [0.29, 0.717) is 44.8 Å². The van der Waals surface area contributed by atoms with Crippen LogP contribution in [0.1, 0.15) is 53.8 Å². The Labute approximate surface area is 197 Å². The van der Waals surface area contributed by atoms with Crippen LogP contribution in [0.25, 0.3) is 0 Å². The number of ketones is 1. The zero-order valence-corrected chi connectivity index (χ0v) is 20.3. The Hall–Kier alpha value is -1.36. The number of amides is 1. The monoisotopic (exact) mass is 479 g/mol. The van der Waals surface area contributed by atoms with Crippen molar-refractivity contribution in [2.45, 2.75) is 63.7 Å². The minimum atomic E-state index is -0.395. The highest BCUT2D eigenvalue weighted by Gasteiger charge is 2.23. The number of hydrogen-bond acceptors (Lipinski definition) is 9. The number of Topliss-reactive ketones (excluding diaryl/α,β-unsaturated/α-hetero) is 1. The van der Waals surface area contributed by atoms with E-state index >= 15 is 0 Å². The second-order valence-electron chi connectivity index (χ2n) is 7.45. The van der Waals surface area contributed by atoms with Crippen molar-refractivity contribution in [1.29, 1.82) is 0 Å². The standard InChI is InChI=1S/C22H39NO8S.H2/c1-3-32-20-7-5-19(6-8-20)31-22(26)23-10-11-27-12-13-28-14-15-29-16-17-30-21(25)9-4-18(2)24;/h19-20H,3-17H2,1-2H3,(H,23,26);1H. The molecule has 1 N–H and O–H groups in total. The highest BCUT2D eigenvalue weighted by Crippen LogP contribution is 2.29. The first-order chi connectivity index (χ1) is 15.5. The minimum absolute atomic E-state index is 0. The van der Waals surface area contributed by atoms with Crippen molar-refractivity contribution >= 4 is 29.6 Å². The quantitative estimate of drug-likeness (QED) is 0.234. The van der Waals surface area contributed by atoms with E-state index in [2.05, 4.69) is 12.2 Å². The molecule has 1 fully saturated rings. The molecule has 9 nitrogen and oxygen atoms in total. The summed E-state index contributed by atoms with van der Waals surface area (Å²) < 4.78 is 26.5. The Morgan fingerprint density at radius 3 is 2.06 bits per heavy atom. The largest absolute Gasteiger partial charge is 0.463 e. The van der Waals surface area contributed by atoms with E-state index < -0.39 is 5.97 Å². The third-order valence-electron chi connectivity index (χ3n) is 4.73. The molecule has 0 aromatic heterocycles. The van der Waals surface area contributed by atoms with Gasteiger partial charge >= 0.3 is 12.1 Å². The maximum Gasteiger partial charge on any atom is 0.407 e. The van der Waals surface area contributed by atoms with E-state index in [1.807, 2.05) is 11.8 Å². The summed E-state index contributed by atoms with van der Waals surface area (Å²) >= 11 is 1.99. The van der Waals surface area contributed by atoms with Gasteiger partial charge in [0.25, 0.3) is 0 Å². The van der Waals surface area contributed by atoms with E-state index in [-0.39, 0.29) is 45.5 Å². The topological polar surface area (TPSA) is 109 Å². The Bertz CT molecular complexity index is 533. The Morgan fingerprint density at radius 2 is 1.47 bits per heavy atom. The van der Waals surface area contributed by atoms with Gasteiger partial charge in [0.1, 0.15) is 18.5 Å². The molecule has 10 heteroatoms. The van der Waals surface area contributed by atoms with Gasteiger partial charge in [0.15, 0.2) is 0 Å². The zero-order chi connectivity index (χ0) is 23.4. The molecule has 0 aromatic carbocycles. The molecule has 1 aliphatic rings. The van der Waals surface area contributed by atoms with Gasteiger partial charge in [-0.2, -0.15) is 11.8 Å². The zero-order valence-electron chi connectivity index (χ0n) is 19.4. The SMILES string of the molecule is CCSC1CCC(OC(=O)NCCOCCOCCOCCOC(=O)CCC(C)=O)CC1.[HH]. The van der Waals surface area contributed by atoms with Gasteiger partial charge in [-0.15, -0.1) is 0 Å². The second kappa shape index (κ2) is 19.1. The van der Waals surface area contributed by atoms with Crippen LogP contribution in [0.2, 0.25) is 0 Å². The number of thioether (sulfide) groups is 1. The van der Waals surface area contributed by atoms with Crippen molar-refractivity contribution in [3.8, 4) is 0 Å². The van der Waals surface area contributed by atoms with Crippen molar-refractivity contribution in [2.24, 2.45) is 0 Å². The molecule has 0 aromatic rings. The van der Waals surface area contributed by atoms with Crippen molar-refractivity contribution in [3.63, 3.8) is 0 Å². The van der Waals surface area contributed by atoms with E-state index in [1.54, 1.807) is 0 Å². The van der Waals surface area contributed by atoms with Crippen LogP contribution in [-0.4, -0.2) is 87.7 Å². The molecule has 0 spiro atoms. The van der Waals surface area contributed by atoms with Crippen molar-refractivity contribution in [3.05, 3.63) is 0 Å². The number of ether oxygens (including phenoxy) is 5. The lowest BCUT2D eigenvalue weighted by Crippen LogP contribution is -2.33. The summed E-state index contributed by atoms with van der Waals surface area (Å²) in [5, 5.41) is 3.42. The molecule has 1 aliphatic carbocycles. The first-order valence-electron chi connectivity index (χ1n) is 11.5. The van der Waals surface area contributed by atoms with E-state index in [0.717, 1.165) is 31.4 Å². The van der Waals surface area contributed by atoms with Crippen LogP contribution in [0.3, 0.4) is 0 Å². The third kappa shape index (κ3) is 16.3. The third-order valence-corrected chi connectivity index (χ3v) is 6.01. The number of rotatable bonds is 18. The number of alkyl carbamates (subject to hydrolysis) is 1. The summed E-state index contributed by atoms with van der Waals surface area (Å²) in [7, 11) is 0. The minimum Gasteiger partial charge on any atom is -0.463 e. The fourth-order valence-corrected chi connectivity index (χ4v) is 4.15. The van der Waals surface area contributed by atoms with Gasteiger partial charge in [-0.3, -0.25) is 4.79 Å². The van der Waals surface area contributed by atoms with Gasteiger partial charge in [-0.25, -0.2) is 4.79 Å². The van der Waals surface area contributed by atoms with Crippen LogP contribution in [0, 0.1) is 0 Å². The Balaban J connectivity index is 0.0000102.